The first-order valence-electron chi connectivity index (χ1n) is 8.15. The van der Waals surface area contributed by atoms with Gasteiger partial charge in [-0.3, -0.25) is 9.59 Å². The molecule has 0 aromatic heterocycles. The number of carbonyl (C=O) groups is 2. The van der Waals surface area contributed by atoms with Crippen LogP contribution in [0.4, 0.5) is 5.69 Å². The average Bonchev–Trinajstić information content (AvgIpc) is 3.40. The van der Waals surface area contributed by atoms with Gasteiger partial charge in [0.05, 0.1) is 11.3 Å². The fourth-order valence-corrected chi connectivity index (χ4v) is 2.97. The summed E-state index contributed by atoms with van der Waals surface area (Å²) in [7, 11) is 0. The number of piperidine rings is 1. The van der Waals surface area contributed by atoms with Crippen molar-refractivity contribution >= 4 is 34.8 Å². The molecule has 5 nitrogen and oxygen atoms in total. The number of rotatable bonds is 3. The second-order valence-electron chi connectivity index (χ2n) is 6.12. The molecule has 1 aliphatic heterocycles. The first-order valence-corrected chi connectivity index (χ1v) is 8.56. The Morgan fingerprint density at radius 1 is 1.09 bits per heavy atom. The number of benzene rings is 1. The first kappa shape index (κ1) is 15.9. The second kappa shape index (κ2) is 7.08. The van der Waals surface area contributed by atoms with Gasteiger partial charge in [0, 0.05) is 19.0 Å². The smallest absolute Gasteiger partial charge is 0.255 e. The molecule has 23 heavy (non-hydrogen) atoms. The highest BCUT2D eigenvalue weighted by Gasteiger charge is 2.30. The number of anilines is 1. The van der Waals surface area contributed by atoms with Gasteiger partial charge in [-0.15, -0.1) is 0 Å². The third-order valence-electron chi connectivity index (χ3n) is 4.23. The zero-order valence-corrected chi connectivity index (χ0v) is 13.8. The van der Waals surface area contributed by atoms with Crippen LogP contribution >= 0.6 is 12.2 Å². The minimum absolute atomic E-state index is 0.0177. The van der Waals surface area contributed by atoms with Gasteiger partial charge in [-0.1, -0.05) is 12.1 Å². The number of para-hydroxylation sites is 1. The van der Waals surface area contributed by atoms with Gasteiger partial charge in [-0.25, -0.2) is 0 Å². The van der Waals surface area contributed by atoms with E-state index < -0.39 is 0 Å². The Hall–Kier alpha value is -1.95. The molecular formula is C17H21N3O2S. The second-order valence-corrected chi connectivity index (χ2v) is 6.52. The van der Waals surface area contributed by atoms with E-state index in [1.807, 2.05) is 23.1 Å². The van der Waals surface area contributed by atoms with Crippen LogP contribution in [0.3, 0.4) is 0 Å². The SMILES string of the molecule is O=C(NC(=S)Nc1ccccc1C(=O)N1CCCCC1)C1CC1. The maximum atomic E-state index is 12.7. The van der Waals surface area contributed by atoms with E-state index in [4.69, 9.17) is 12.2 Å². The highest BCUT2D eigenvalue weighted by molar-refractivity contribution is 7.80. The summed E-state index contributed by atoms with van der Waals surface area (Å²) < 4.78 is 0. The van der Waals surface area contributed by atoms with Crippen molar-refractivity contribution in [1.29, 1.82) is 0 Å². The van der Waals surface area contributed by atoms with Gasteiger partial charge in [0.1, 0.15) is 0 Å². The molecular weight excluding hydrogens is 310 g/mol. The van der Waals surface area contributed by atoms with Crippen molar-refractivity contribution in [3.8, 4) is 0 Å². The minimum atomic E-state index is -0.0395. The molecule has 3 rings (SSSR count). The lowest BCUT2D eigenvalue weighted by molar-refractivity contribution is -0.120. The van der Waals surface area contributed by atoms with Crippen LogP contribution in [0.15, 0.2) is 24.3 Å². The van der Waals surface area contributed by atoms with Crippen molar-refractivity contribution in [2.75, 3.05) is 18.4 Å². The van der Waals surface area contributed by atoms with Gasteiger partial charge in [0.25, 0.3) is 5.91 Å². The van der Waals surface area contributed by atoms with Gasteiger partial charge in [-0.2, -0.15) is 0 Å². The molecule has 2 fully saturated rings. The van der Waals surface area contributed by atoms with Crippen molar-refractivity contribution in [3.63, 3.8) is 0 Å². The van der Waals surface area contributed by atoms with Crippen molar-refractivity contribution < 1.29 is 9.59 Å². The van der Waals surface area contributed by atoms with Crippen LogP contribution in [-0.2, 0) is 4.79 Å². The Kier molecular flexibility index (Phi) is 4.91. The fraction of sp³-hybridized carbons (Fsp3) is 0.471. The molecule has 0 bridgehead atoms. The minimum Gasteiger partial charge on any atom is -0.339 e. The molecule has 0 atom stereocenters. The predicted octanol–water partition coefficient (Wildman–Crippen LogP) is 2.54. The Morgan fingerprint density at radius 3 is 2.48 bits per heavy atom. The molecule has 1 heterocycles. The van der Waals surface area contributed by atoms with Crippen molar-refractivity contribution in [2.24, 2.45) is 5.92 Å². The fourth-order valence-electron chi connectivity index (χ4n) is 2.76. The average molecular weight is 331 g/mol. The first-order chi connectivity index (χ1) is 11.1. The topological polar surface area (TPSA) is 61.4 Å². The third-order valence-corrected chi connectivity index (χ3v) is 4.44. The summed E-state index contributed by atoms with van der Waals surface area (Å²) in [5.74, 6) is 0.0754. The summed E-state index contributed by atoms with van der Waals surface area (Å²) in [5.41, 5.74) is 1.24. The maximum Gasteiger partial charge on any atom is 0.255 e. The number of thiocarbonyl (C=S) groups is 1. The number of hydrogen-bond donors (Lipinski definition) is 2. The van der Waals surface area contributed by atoms with E-state index in [1.165, 1.54) is 6.42 Å². The van der Waals surface area contributed by atoms with Gasteiger partial charge in [0.2, 0.25) is 5.91 Å². The molecule has 1 aromatic rings. The van der Waals surface area contributed by atoms with Crippen molar-refractivity contribution in [1.82, 2.24) is 10.2 Å². The van der Waals surface area contributed by atoms with Gasteiger partial charge in [-0.05, 0) is 56.5 Å². The van der Waals surface area contributed by atoms with E-state index in [9.17, 15) is 9.59 Å². The Bertz CT molecular complexity index is 622. The quantitative estimate of drug-likeness (QED) is 0.836. The Balaban J connectivity index is 1.68. The molecule has 122 valence electrons. The molecule has 0 radical (unpaired) electrons. The van der Waals surface area contributed by atoms with E-state index in [0.717, 1.165) is 38.8 Å². The normalized spacial score (nSPS) is 17.5. The van der Waals surface area contributed by atoms with Crippen LogP contribution in [0.1, 0.15) is 42.5 Å². The summed E-state index contributed by atoms with van der Waals surface area (Å²) in [6.45, 7) is 1.60. The molecule has 2 N–H and O–H groups in total. The van der Waals surface area contributed by atoms with Crippen LogP contribution < -0.4 is 10.6 Å². The van der Waals surface area contributed by atoms with Crippen molar-refractivity contribution in [3.05, 3.63) is 29.8 Å². The highest BCUT2D eigenvalue weighted by atomic mass is 32.1. The zero-order valence-electron chi connectivity index (χ0n) is 13.0. The van der Waals surface area contributed by atoms with Crippen LogP contribution in [0, 0.1) is 5.92 Å². The molecule has 1 saturated carbocycles. The number of hydrogen-bond acceptors (Lipinski definition) is 3. The highest BCUT2D eigenvalue weighted by Crippen LogP contribution is 2.28. The molecule has 1 aromatic carbocycles. The number of nitrogens with one attached hydrogen (secondary N) is 2. The van der Waals surface area contributed by atoms with E-state index in [1.54, 1.807) is 6.07 Å². The molecule has 0 unspecified atom stereocenters. The number of amides is 2. The zero-order chi connectivity index (χ0) is 16.2. The van der Waals surface area contributed by atoms with Crippen molar-refractivity contribution in [2.45, 2.75) is 32.1 Å². The van der Waals surface area contributed by atoms with Crippen LogP contribution in [0.5, 0.6) is 0 Å². The summed E-state index contributed by atoms with van der Waals surface area (Å²) >= 11 is 5.19. The van der Waals surface area contributed by atoms with E-state index >= 15 is 0 Å². The van der Waals surface area contributed by atoms with Gasteiger partial charge in [0.15, 0.2) is 5.11 Å². The lowest BCUT2D eigenvalue weighted by Gasteiger charge is -2.27. The van der Waals surface area contributed by atoms with E-state index in [0.29, 0.717) is 11.3 Å². The number of likely N-dealkylation sites (tertiary alicyclic amines) is 1. The summed E-state index contributed by atoms with van der Waals surface area (Å²) in [6.07, 6.45) is 5.15. The number of nitrogens with zero attached hydrogens (tertiary/aromatic N) is 1. The standard InChI is InChI=1S/C17H21N3O2S/c21-15(12-8-9-12)19-17(23)18-14-7-3-2-6-13(14)16(22)20-10-4-1-5-11-20/h2-3,6-7,12H,1,4-5,8-11H2,(H2,18,19,21,23). The lowest BCUT2D eigenvalue weighted by atomic mass is 10.1. The van der Waals surface area contributed by atoms with E-state index in [-0.39, 0.29) is 22.8 Å². The molecule has 6 heteroatoms. The van der Waals surface area contributed by atoms with Gasteiger partial charge >= 0.3 is 0 Å². The summed E-state index contributed by atoms with van der Waals surface area (Å²) in [4.78, 5) is 26.3. The van der Waals surface area contributed by atoms with Gasteiger partial charge < -0.3 is 15.5 Å². The molecule has 1 saturated heterocycles. The van der Waals surface area contributed by atoms with E-state index in [2.05, 4.69) is 10.6 Å². The Labute approximate surface area is 141 Å². The predicted molar refractivity (Wildman–Crippen MR) is 93.3 cm³/mol. The molecule has 2 aliphatic rings. The molecule has 2 amide bonds. The molecule has 1 aliphatic carbocycles. The monoisotopic (exact) mass is 331 g/mol. The number of carbonyl (C=O) groups excluding carboxylic acids is 2. The Morgan fingerprint density at radius 2 is 1.78 bits per heavy atom. The summed E-state index contributed by atoms with van der Waals surface area (Å²) in [6, 6.07) is 7.30. The summed E-state index contributed by atoms with van der Waals surface area (Å²) in [5, 5.41) is 5.94. The lowest BCUT2D eigenvalue weighted by Crippen LogP contribution is -2.37. The maximum absolute atomic E-state index is 12.7. The van der Waals surface area contributed by atoms with Crippen LogP contribution in [0.2, 0.25) is 0 Å². The van der Waals surface area contributed by atoms with Crippen LogP contribution in [-0.4, -0.2) is 34.9 Å². The van der Waals surface area contributed by atoms with Crippen LogP contribution in [0.25, 0.3) is 0 Å². The third kappa shape index (κ3) is 4.07. The molecule has 0 spiro atoms. The largest absolute Gasteiger partial charge is 0.339 e.